The molecule has 13 heteroatoms. The van der Waals surface area contributed by atoms with Crippen molar-refractivity contribution < 1.29 is 19.4 Å². The van der Waals surface area contributed by atoms with Crippen LogP contribution in [0.15, 0.2) is 17.1 Å². The van der Waals surface area contributed by atoms with Crippen LogP contribution < -0.4 is 28.2 Å². The number of nitrogen functional groups attached to an aromatic ring is 1. The first kappa shape index (κ1) is 23.1. The number of carboxylic acid groups (broad SMARTS) is 1. The Morgan fingerprint density at radius 3 is 2.80 bits per heavy atom. The molecule has 166 valence electrons. The number of carbonyl (C=O) groups excluding carboxylic acids is 1. The van der Waals surface area contributed by atoms with Crippen LogP contribution >= 0.6 is 0 Å². The van der Waals surface area contributed by atoms with E-state index < -0.39 is 42.0 Å². The van der Waals surface area contributed by atoms with Gasteiger partial charge in [-0.2, -0.15) is 4.98 Å². The molecular formula is C17H28N8O5. The first-order chi connectivity index (χ1) is 14.1. The fraction of sp³-hybridized carbons (Fsp3) is 0.588. The first-order valence-corrected chi connectivity index (χ1v) is 9.41. The zero-order chi connectivity index (χ0) is 22.4. The Kier molecular flexibility index (Phi) is 7.72. The Bertz CT molecular complexity index is 844. The lowest BCUT2D eigenvalue weighted by Gasteiger charge is -2.35. The number of nitrogens with one attached hydrogen (secondary N) is 2. The van der Waals surface area contributed by atoms with E-state index in [1.165, 1.54) is 21.7 Å². The third kappa shape index (κ3) is 6.15. The van der Waals surface area contributed by atoms with E-state index in [0.717, 1.165) is 0 Å². The maximum absolute atomic E-state index is 12.3. The van der Waals surface area contributed by atoms with E-state index in [0.29, 0.717) is 19.4 Å². The normalized spacial score (nSPS) is 22.1. The lowest BCUT2D eigenvalue weighted by molar-refractivity contribution is -0.170. The molecule has 9 N–H and O–H groups in total. The average Bonchev–Trinajstić information content (AvgIpc) is 2.66. The predicted molar refractivity (Wildman–Crippen MR) is 107 cm³/mol. The number of aromatic nitrogens is 2. The van der Waals surface area contributed by atoms with Gasteiger partial charge in [-0.1, -0.05) is 0 Å². The van der Waals surface area contributed by atoms with Crippen molar-refractivity contribution >= 4 is 23.7 Å². The van der Waals surface area contributed by atoms with Gasteiger partial charge in [-0.25, -0.2) is 9.59 Å². The minimum atomic E-state index is -1.34. The molecule has 1 amide bonds. The number of ether oxygens (including phenoxy) is 1. The number of hydrogen-bond donors (Lipinski definition) is 6. The number of amides is 1. The summed E-state index contributed by atoms with van der Waals surface area (Å²) in [7, 11) is 1.64. The third-order valence-corrected chi connectivity index (χ3v) is 4.84. The molecule has 0 unspecified atom stereocenters. The molecule has 1 aliphatic rings. The number of carbonyl (C=O) groups is 2. The van der Waals surface area contributed by atoms with Gasteiger partial charge in [0, 0.05) is 32.3 Å². The van der Waals surface area contributed by atoms with Gasteiger partial charge in [0.1, 0.15) is 12.0 Å². The van der Waals surface area contributed by atoms with Crippen molar-refractivity contribution in [2.24, 2.45) is 11.5 Å². The first-order valence-electron chi connectivity index (χ1n) is 9.41. The molecule has 2 heterocycles. The van der Waals surface area contributed by atoms with Crippen LogP contribution in [0.25, 0.3) is 0 Å². The highest BCUT2D eigenvalue weighted by Crippen LogP contribution is 2.26. The van der Waals surface area contributed by atoms with Gasteiger partial charge in [0.15, 0.2) is 12.1 Å². The van der Waals surface area contributed by atoms with Gasteiger partial charge >= 0.3 is 11.7 Å². The van der Waals surface area contributed by atoms with Crippen LogP contribution in [0.3, 0.4) is 0 Å². The van der Waals surface area contributed by atoms with Gasteiger partial charge < -0.3 is 37.3 Å². The fourth-order valence-corrected chi connectivity index (χ4v) is 3.12. The zero-order valence-corrected chi connectivity index (χ0v) is 16.7. The van der Waals surface area contributed by atoms with Crippen molar-refractivity contribution in [3.63, 3.8) is 0 Å². The van der Waals surface area contributed by atoms with E-state index in [4.69, 9.17) is 27.3 Å². The Balaban J connectivity index is 1.94. The average molecular weight is 424 g/mol. The minimum Gasteiger partial charge on any atom is -0.479 e. The maximum atomic E-state index is 12.3. The molecule has 0 aromatic carbocycles. The van der Waals surface area contributed by atoms with E-state index >= 15 is 0 Å². The molecule has 0 aliphatic carbocycles. The summed E-state index contributed by atoms with van der Waals surface area (Å²) in [6, 6.07) is 0.168. The van der Waals surface area contributed by atoms with Crippen molar-refractivity contribution in [3.05, 3.63) is 22.7 Å². The SMILES string of the molecule is CN(CC[C@H](N)CC(=O)N[C@H]1CC[C@H](n2ccc(N)nc2=O)O[C@@H]1C(=O)O)C(=N)N. The summed E-state index contributed by atoms with van der Waals surface area (Å²) in [6.07, 6.45) is 0.231. The highest BCUT2D eigenvalue weighted by Gasteiger charge is 2.38. The number of guanidine groups is 1. The van der Waals surface area contributed by atoms with E-state index in [-0.39, 0.29) is 24.6 Å². The molecule has 1 aromatic heterocycles. The van der Waals surface area contributed by atoms with Crippen LogP contribution in [0.5, 0.6) is 0 Å². The molecule has 30 heavy (non-hydrogen) atoms. The number of rotatable bonds is 8. The van der Waals surface area contributed by atoms with Gasteiger partial charge in [-0.15, -0.1) is 0 Å². The summed E-state index contributed by atoms with van der Waals surface area (Å²) in [6.45, 7) is 0.417. The summed E-state index contributed by atoms with van der Waals surface area (Å²) in [5.41, 5.74) is 16.1. The Hall–Kier alpha value is -3.19. The summed E-state index contributed by atoms with van der Waals surface area (Å²) in [5.74, 6) is -1.70. The molecule has 0 bridgehead atoms. The summed E-state index contributed by atoms with van der Waals surface area (Å²) in [5, 5.41) is 19.5. The maximum Gasteiger partial charge on any atom is 0.351 e. The van der Waals surface area contributed by atoms with Crippen LogP contribution in [-0.4, -0.2) is 69.2 Å². The number of aliphatic carboxylic acids is 1. The lowest BCUT2D eigenvalue weighted by atomic mass is 10.00. The highest BCUT2D eigenvalue weighted by molar-refractivity contribution is 5.79. The molecule has 0 saturated carbocycles. The van der Waals surface area contributed by atoms with Gasteiger partial charge in [-0.05, 0) is 25.3 Å². The fourth-order valence-electron chi connectivity index (χ4n) is 3.12. The van der Waals surface area contributed by atoms with Crippen LogP contribution in [0.4, 0.5) is 5.82 Å². The molecular weight excluding hydrogens is 396 g/mol. The van der Waals surface area contributed by atoms with E-state index in [1.807, 2.05) is 0 Å². The van der Waals surface area contributed by atoms with Crippen LogP contribution in [0, 0.1) is 5.41 Å². The second kappa shape index (κ2) is 10.0. The molecule has 0 spiro atoms. The van der Waals surface area contributed by atoms with Gasteiger partial charge in [0.25, 0.3) is 0 Å². The zero-order valence-electron chi connectivity index (χ0n) is 16.7. The van der Waals surface area contributed by atoms with Crippen molar-refractivity contribution in [2.45, 2.75) is 50.1 Å². The molecule has 1 aliphatic heterocycles. The van der Waals surface area contributed by atoms with Crippen LogP contribution in [0.2, 0.25) is 0 Å². The van der Waals surface area contributed by atoms with Crippen molar-refractivity contribution in [3.8, 4) is 0 Å². The number of hydrogen-bond acceptors (Lipinski definition) is 8. The Labute approximate surface area is 172 Å². The quantitative estimate of drug-likeness (QED) is 0.199. The summed E-state index contributed by atoms with van der Waals surface area (Å²) >= 11 is 0. The smallest absolute Gasteiger partial charge is 0.351 e. The monoisotopic (exact) mass is 424 g/mol. The summed E-state index contributed by atoms with van der Waals surface area (Å²) in [4.78, 5) is 41.1. The number of nitrogens with two attached hydrogens (primary N) is 3. The molecule has 1 aromatic rings. The molecule has 13 nitrogen and oxygen atoms in total. The predicted octanol–water partition coefficient (Wildman–Crippen LogP) is -1.99. The topological polar surface area (TPSA) is 216 Å². The minimum absolute atomic E-state index is 0.0145. The second-order valence-electron chi connectivity index (χ2n) is 7.20. The third-order valence-electron chi connectivity index (χ3n) is 4.84. The molecule has 1 saturated heterocycles. The molecule has 2 rings (SSSR count). The van der Waals surface area contributed by atoms with Crippen LogP contribution in [-0.2, 0) is 14.3 Å². The molecule has 1 fully saturated rings. The Morgan fingerprint density at radius 2 is 2.20 bits per heavy atom. The number of nitrogens with zero attached hydrogens (tertiary/aromatic N) is 3. The number of anilines is 1. The standard InChI is InChI=1S/C17H28N8O5/c1-24(16(20)21)6-4-9(18)8-12(26)22-10-2-3-13(30-14(10)15(27)28)25-7-5-11(19)23-17(25)29/h5,7,9-10,13-14H,2-4,6,8,18H2,1H3,(H3,20,21)(H,22,26)(H,27,28)(H2,19,23,29)/t9-,10-,13+,14-/m0/s1. The summed E-state index contributed by atoms with van der Waals surface area (Å²) < 4.78 is 6.74. The van der Waals surface area contributed by atoms with Gasteiger partial charge in [0.2, 0.25) is 5.91 Å². The van der Waals surface area contributed by atoms with E-state index in [1.54, 1.807) is 7.05 Å². The number of carboxylic acids is 1. The van der Waals surface area contributed by atoms with Gasteiger partial charge in [-0.3, -0.25) is 14.8 Å². The second-order valence-corrected chi connectivity index (χ2v) is 7.20. The van der Waals surface area contributed by atoms with E-state index in [9.17, 15) is 19.5 Å². The molecule has 4 atom stereocenters. The lowest BCUT2D eigenvalue weighted by Crippen LogP contribution is -2.53. The Morgan fingerprint density at radius 1 is 1.50 bits per heavy atom. The van der Waals surface area contributed by atoms with Crippen molar-refractivity contribution in [2.75, 3.05) is 19.3 Å². The molecule has 0 radical (unpaired) electrons. The van der Waals surface area contributed by atoms with Crippen LogP contribution in [0.1, 0.15) is 31.9 Å². The highest BCUT2D eigenvalue weighted by atomic mass is 16.5. The van der Waals surface area contributed by atoms with E-state index in [2.05, 4.69) is 10.3 Å². The van der Waals surface area contributed by atoms with Crippen molar-refractivity contribution in [1.82, 2.24) is 19.8 Å². The van der Waals surface area contributed by atoms with Gasteiger partial charge in [0.05, 0.1) is 6.04 Å². The van der Waals surface area contributed by atoms with Crippen molar-refractivity contribution in [1.29, 1.82) is 5.41 Å². The largest absolute Gasteiger partial charge is 0.479 e.